The van der Waals surface area contributed by atoms with Gasteiger partial charge in [0.2, 0.25) is 5.91 Å². The van der Waals surface area contributed by atoms with Gasteiger partial charge in [-0.2, -0.15) is 0 Å². The lowest BCUT2D eigenvalue weighted by Gasteiger charge is -2.25. The number of ether oxygens (including phenoxy) is 1. The first kappa shape index (κ1) is 16.4. The lowest BCUT2D eigenvalue weighted by atomic mass is 10.1. The summed E-state index contributed by atoms with van der Waals surface area (Å²) in [7, 11) is 1.66. The van der Waals surface area contributed by atoms with Crippen LogP contribution in [0.25, 0.3) is 0 Å². The number of para-hydroxylation sites is 1. The topological polar surface area (TPSA) is 29.5 Å². The zero-order valence-corrected chi connectivity index (χ0v) is 15.5. The molecule has 120 valence electrons. The van der Waals surface area contributed by atoms with Crippen molar-refractivity contribution < 1.29 is 9.53 Å². The molecule has 0 aliphatic carbocycles. The van der Waals surface area contributed by atoms with E-state index in [1.165, 1.54) is 0 Å². The highest BCUT2D eigenvalue weighted by molar-refractivity contribution is 9.10. The predicted molar refractivity (Wildman–Crippen MR) is 98.8 cm³/mol. The van der Waals surface area contributed by atoms with E-state index in [-0.39, 0.29) is 11.8 Å². The van der Waals surface area contributed by atoms with Gasteiger partial charge < -0.3 is 4.74 Å². The number of anilines is 2. The third kappa shape index (κ3) is 3.12. The number of benzene rings is 2. The van der Waals surface area contributed by atoms with Gasteiger partial charge in [-0.1, -0.05) is 25.1 Å². The first-order valence-corrected chi connectivity index (χ1v) is 9.33. The molecule has 5 heteroatoms. The molecule has 1 amide bonds. The molecule has 1 aliphatic rings. The molecule has 1 unspecified atom stereocenters. The first-order chi connectivity index (χ1) is 11.2. The van der Waals surface area contributed by atoms with E-state index in [4.69, 9.17) is 4.74 Å². The second-order valence-corrected chi connectivity index (χ2v) is 7.30. The number of rotatable bonds is 3. The minimum atomic E-state index is 0.0115. The van der Waals surface area contributed by atoms with E-state index in [0.717, 1.165) is 38.7 Å². The zero-order valence-electron chi connectivity index (χ0n) is 13.1. The van der Waals surface area contributed by atoms with E-state index < -0.39 is 0 Å². The van der Waals surface area contributed by atoms with Crippen LogP contribution in [0.5, 0.6) is 5.75 Å². The number of fused-ring (bicyclic) bond motifs is 1. The average molecular weight is 392 g/mol. The fourth-order valence-corrected chi connectivity index (χ4v) is 4.41. The number of hydrogen-bond acceptors (Lipinski definition) is 3. The summed E-state index contributed by atoms with van der Waals surface area (Å²) in [5.74, 6) is 1.74. The van der Waals surface area contributed by atoms with Crippen LogP contribution in [-0.4, -0.2) is 18.8 Å². The highest BCUT2D eigenvalue weighted by Crippen LogP contribution is 2.44. The van der Waals surface area contributed by atoms with Gasteiger partial charge in [0.05, 0.1) is 17.3 Å². The lowest BCUT2D eigenvalue weighted by molar-refractivity contribution is -0.121. The van der Waals surface area contributed by atoms with E-state index in [1.807, 2.05) is 47.4 Å². The van der Waals surface area contributed by atoms with Gasteiger partial charge in [0.1, 0.15) is 5.75 Å². The normalized spacial score (nSPS) is 17.6. The second kappa shape index (κ2) is 6.97. The Hall–Kier alpha value is -1.46. The van der Waals surface area contributed by atoms with Crippen molar-refractivity contribution in [3.05, 3.63) is 46.9 Å². The smallest absolute Gasteiger partial charge is 0.235 e. The van der Waals surface area contributed by atoms with Crippen LogP contribution < -0.4 is 9.64 Å². The van der Waals surface area contributed by atoms with Crippen molar-refractivity contribution in [2.45, 2.75) is 18.2 Å². The maximum atomic E-state index is 13.1. The molecule has 23 heavy (non-hydrogen) atoms. The predicted octanol–water partition coefficient (Wildman–Crippen LogP) is 5.25. The van der Waals surface area contributed by atoms with Crippen LogP contribution in [0.15, 0.2) is 51.8 Å². The van der Waals surface area contributed by atoms with Crippen molar-refractivity contribution in [2.75, 3.05) is 17.8 Å². The first-order valence-electron chi connectivity index (χ1n) is 7.55. The number of carbonyl (C=O) groups excluding carboxylic acids is 1. The fraction of sp³-hybridized carbons (Fsp3) is 0.278. The van der Waals surface area contributed by atoms with Crippen LogP contribution in [-0.2, 0) is 4.79 Å². The van der Waals surface area contributed by atoms with Gasteiger partial charge in [0.15, 0.2) is 0 Å². The Morgan fingerprint density at radius 3 is 2.70 bits per heavy atom. The highest BCUT2D eigenvalue weighted by Gasteiger charge is 2.31. The monoisotopic (exact) mass is 391 g/mol. The number of methoxy groups -OCH3 is 1. The quantitative estimate of drug-likeness (QED) is 0.714. The molecule has 0 spiro atoms. The molecule has 2 aromatic carbocycles. The summed E-state index contributed by atoms with van der Waals surface area (Å²) in [4.78, 5) is 16.0. The van der Waals surface area contributed by atoms with E-state index in [1.54, 1.807) is 18.9 Å². The summed E-state index contributed by atoms with van der Waals surface area (Å²) < 4.78 is 6.26. The lowest BCUT2D eigenvalue weighted by Crippen LogP contribution is -2.32. The fourth-order valence-electron chi connectivity index (χ4n) is 2.67. The molecule has 0 saturated carbocycles. The van der Waals surface area contributed by atoms with Gasteiger partial charge in [0.25, 0.3) is 0 Å². The number of thioether (sulfide) groups is 1. The highest BCUT2D eigenvalue weighted by atomic mass is 79.9. The summed E-state index contributed by atoms with van der Waals surface area (Å²) in [6.07, 6.45) is 0.835. The summed E-state index contributed by atoms with van der Waals surface area (Å²) in [5.41, 5.74) is 1.81. The standard InChI is InChI=1S/C18H18BrNO2S/c1-3-12-11-23-17-10-16(22-2)14(19)9-15(17)20(18(12)21)13-7-5-4-6-8-13/h4-10,12H,3,11H2,1-2H3. The van der Waals surface area contributed by atoms with Gasteiger partial charge in [0, 0.05) is 22.3 Å². The Bertz CT molecular complexity index is 720. The molecular weight excluding hydrogens is 374 g/mol. The SMILES string of the molecule is CCC1CSc2cc(OC)c(Br)cc2N(c2ccccc2)C1=O. The van der Waals surface area contributed by atoms with Crippen molar-refractivity contribution in [2.24, 2.45) is 5.92 Å². The number of halogens is 1. The minimum absolute atomic E-state index is 0.0115. The van der Waals surface area contributed by atoms with E-state index in [0.29, 0.717) is 0 Å². The van der Waals surface area contributed by atoms with Crippen LogP contribution >= 0.6 is 27.7 Å². The minimum Gasteiger partial charge on any atom is -0.496 e. The molecular formula is C18H18BrNO2S. The molecule has 2 aromatic rings. The molecule has 1 heterocycles. The third-order valence-corrected chi connectivity index (χ3v) is 5.82. The van der Waals surface area contributed by atoms with E-state index in [2.05, 4.69) is 22.9 Å². The zero-order chi connectivity index (χ0) is 16.4. The van der Waals surface area contributed by atoms with Crippen molar-refractivity contribution >= 4 is 45.0 Å². The summed E-state index contributed by atoms with van der Waals surface area (Å²) in [6, 6.07) is 13.8. The molecule has 0 N–H and O–H groups in total. The van der Waals surface area contributed by atoms with E-state index >= 15 is 0 Å². The Kier molecular flexibility index (Phi) is 4.97. The summed E-state index contributed by atoms with van der Waals surface area (Å²) in [5, 5.41) is 0. The van der Waals surface area contributed by atoms with Crippen LogP contribution in [0.4, 0.5) is 11.4 Å². The number of nitrogens with zero attached hydrogens (tertiary/aromatic N) is 1. The van der Waals surface area contributed by atoms with Gasteiger partial charge in [-0.15, -0.1) is 11.8 Å². The molecule has 0 fully saturated rings. The van der Waals surface area contributed by atoms with E-state index in [9.17, 15) is 4.79 Å². The van der Waals surface area contributed by atoms with Crippen LogP contribution in [0.1, 0.15) is 13.3 Å². The maximum absolute atomic E-state index is 13.1. The molecule has 0 radical (unpaired) electrons. The molecule has 0 aromatic heterocycles. The molecule has 1 aliphatic heterocycles. The molecule has 0 bridgehead atoms. The van der Waals surface area contributed by atoms with Gasteiger partial charge >= 0.3 is 0 Å². The Morgan fingerprint density at radius 2 is 2.04 bits per heavy atom. The van der Waals surface area contributed by atoms with Crippen molar-refractivity contribution in [1.82, 2.24) is 0 Å². The van der Waals surface area contributed by atoms with Crippen LogP contribution in [0.2, 0.25) is 0 Å². The number of carbonyl (C=O) groups is 1. The Labute approximate surface area is 149 Å². The van der Waals surface area contributed by atoms with Gasteiger partial charge in [-0.05, 0) is 46.6 Å². The van der Waals surface area contributed by atoms with Crippen molar-refractivity contribution in [3.63, 3.8) is 0 Å². The van der Waals surface area contributed by atoms with Crippen LogP contribution in [0, 0.1) is 5.92 Å². The molecule has 0 saturated heterocycles. The Morgan fingerprint density at radius 1 is 1.30 bits per heavy atom. The number of hydrogen-bond donors (Lipinski definition) is 0. The number of amides is 1. The summed E-state index contributed by atoms with van der Waals surface area (Å²) >= 11 is 5.26. The van der Waals surface area contributed by atoms with Gasteiger partial charge in [-0.3, -0.25) is 9.69 Å². The average Bonchev–Trinajstić information content (AvgIpc) is 2.70. The Balaban J connectivity index is 2.18. The third-order valence-electron chi connectivity index (χ3n) is 3.99. The second-order valence-electron chi connectivity index (χ2n) is 5.38. The molecule has 3 rings (SSSR count). The van der Waals surface area contributed by atoms with Crippen molar-refractivity contribution in [1.29, 1.82) is 0 Å². The maximum Gasteiger partial charge on any atom is 0.235 e. The largest absolute Gasteiger partial charge is 0.496 e. The molecule has 3 nitrogen and oxygen atoms in total. The van der Waals surface area contributed by atoms with Gasteiger partial charge in [-0.25, -0.2) is 0 Å². The summed E-state index contributed by atoms with van der Waals surface area (Å²) in [6.45, 7) is 2.07. The van der Waals surface area contributed by atoms with Crippen LogP contribution in [0.3, 0.4) is 0 Å². The van der Waals surface area contributed by atoms with Crippen molar-refractivity contribution in [3.8, 4) is 5.75 Å². The molecule has 1 atom stereocenters.